The predicted molar refractivity (Wildman–Crippen MR) is 47.6 cm³/mol. The van der Waals surface area contributed by atoms with E-state index in [1.165, 1.54) is 25.0 Å². The van der Waals surface area contributed by atoms with Gasteiger partial charge in [-0.2, -0.15) is 0 Å². The smallest absolute Gasteiger partial charge is 0.177 e. The normalized spacial score (nSPS) is 23.3. The average molecular weight is 215 g/mol. The van der Waals surface area contributed by atoms with Crippen molar-refractivity contribution in [3.63, 3.8) is 0 Å². The fourth-order valence-corrected chi connectivity index (χ4v) is 2.41. The van der Waals surface area contributed by atoms with Gasteiger partial charge in [-0.15, -0.1) is 0 Å². The van der Waals surface area contributed by atoms with Crippen molar-refractivity contribution >= 4 is 15.9 Å². The predicted octanol–water partition coefficient (Wildman–Crippen LogP) is 2.54. The van der Waals surface area contributed by atoms with E-state index in [1.807, 2.05) is 6.20 Å². The van der Waals surface area contributed by atoms with E-state index >= 15 is 0 Å². The first-order chi connectivity index (χ1) is 5.29. The second-order valence-electron chi connectivity index (χ2n) is 3.13. The zero-order valence-electron chi connectivity index (χ0n) is 6.55. The highest BCUT2D eigenvalue weighted by Crippen LogP contribution is 2.27. The number of aromatic nitrogens is 2. The molecule has 0 bridgehead atoms. The van der Waals surface area contributed by atoms with Crippen LogP contribution in [0.5, 0.6) is 0 Å². The summed E-state index contributed by atoms with van der Waals surface area (Å²) in [6, 6.07) is 0.621. The second-order valence-corrected chi connectivity index (χ2v) is 3.84. The number of nitrogens with zero attached hydrogens (tertiary/aromatic N) is 2. The van der Waals surface area contributed by atoms with Gasteiger partial charge in [0.15, 0.2) is 4.73 Å². The summed E-state index contributed by atoms with van der Waals surface area (Å²) < 4.78 is 3.27. The number of fused-ring (bicyclic) bond motifs is 1. The Bertz CT molecular complexity index is 267. The molecule has 2 nitrogen and oxygen atoms in total. The lowest BCUT2D eigenvalue weighted by Crippen LogP contribution is -2.14. The first-order valence-corrected chi connectivity index (χ1v) is 4.80. The Morgan fingerprint density at radius 3 is 3.27 bits per heavy atom. The van der Waals surface area contributed by atoms with Gasteiger partial charge >= 0.3 is 0 Å². The Labute approximate surface area is 74.8 Å². The molecule has 0 saturated heterocycles. The highest BCUT2D eigenvalue weighted by molar-refractivity contribution is 9.10. The molecule has 0 aliphatic carbocycles. The highest BCUT2D eigenvalue weighted by Gasteiger charge is 2.17. The van der Waals surface area contributed by atoms with E-state index < -0.39 is 0 Å². The molecule has 1 atom stereocenters. The third-order valence-corrected chi connectivity index (χ3v) is 2.91. The van der Waals surface area contributed by atoms with Gasteiger partial charge in [-0.1, -0.05) is 0 Å². The van der Waals surface area contributed by atoms with Crippen LogP contribution >= 0.6 is 15.9 Å². The van der Waals surface area contributed by atoms with Crippen LogP contribution in [0.15, 0.2) is 10.9 Å². The van der Waals surface area contributed by atoms with E-state index in [1.54, 1.807) is 0 Å². The lowest BCUT2D eigenvalue weighted by Gasteiger charge is -2.22. The standard InChI is InChI=1S/C8H11BrN2/c1-6-3-2-4-7-5-10-8(9)11(6)7/h5-6H,2-4H2,1H3. The Morgan fingerprint density at radius 1 is 1.73 bits per heavy atom. The zero-order chi connectivity index (χ0) is 7.84. The van der Waals surface area contributed by atoms with Gasteiger partial charge in [-0.25, -0.2) is 4.98 Å². The van der Waals surface area contributed by atoms with Gasteiger partial charge in [0, 0.05) is 17.9 Å². The summed E-state index contributed by atoms with van der Waals surface area (Å²) >= 11 is 3.44. The van der Waals surface area contributed by atoms with Crippen molar-refractivity contribution in [2.75, 3.05) is 0 Å². The van der Waals surface area contributed by atoms with Gasteiger partial charge < -0.3 is 4.57 Å². The molecule has 1 aromatic rings. The molecule has 0 radical (unpaired) electrons. The molecule has 1 aliphatic heterocycles. The fraction of sp³-hybridized carbons (Fsp3) is 0.625. The maximum absolute atomic E-state index is 4.23. The maximum atomic E-state index is 4.23. The van der Waals surface area contributed by atoms with Crippen molar-refractivity contribution in [1.82, 2.24) is 9.55 Å². The van der Waals surface area contributed by atoms with Gasteiger partial charge in [0.2, 0.25) is 0 Å². The number of hydrogen-bond donors (Lipinski definition) is 0. The Balaban J connectivity index is 2.48. The second kappa shape index (κ2) is 2.63. The Morgan fingerprint density at radius 2 is 2.55 bits per heavy atom. The molecule has 3 heteroatoms. The fourth-order valence-electron chi connectivity index (χ4n) is 1.73. The number of imidazole rings is 1. The molecule has 2 rings (SSSR count). The van der Waals surface area contributed by atoms with Crippen molar-refractivity contribution in [2.24, 2.45) is 0 Å². The van der Waals surface area contributed by atoms with Crippen LogP contribution in [0.3, 0.4) is 0 Å². The summed E-state index contributed by atoms with van der Waals surface area (Å²) in [5.41, 5.74) is 1.37. The molecule has 0 spiro atoms. The zero-order valence-corrected chi connectivity index (χ0v) is 8.13. The minimum Gasteiger partial charge on any atom is -0.320 e. The largest absolute Gasteiger partial charge is 0.320 e. The molecule has 1 aliphatic rings. The quantitative estimate of drug-likeness (QED) is 0.650. The van der Waals surface area contributed by atoms with Crippen molar-refractivity contribution in [3.8, 4) is 0 Å². The number of aryl methyl sites for hydroxylation is 1. The van der Waals surface area contributed by atoms with E-state index in [0.717, 1.165) is 4.73 Å². The third kappa shape index (κ3) is 1.11. The van der Waals surface area contributed by atoms with Gasteiger partial charge in [-0.05, 0) is 42.1 Å². The van der Waals surface area contributed by atoms with Crippen LogP contribution in [0, 0.1) is 0 Å². The average Bonchev–Trinajstić information content (AvgIpc) is 2.34. The van der Waals surface area contributed by atoms with Crippen molar-refractivity contribution in [3.05, 3.63) is 16.6 Å². The van der Waals surface area contributed by atoms with Crippen LogP contribution < -0.4 is 0 Å². The first-order valence-electron chi connectivity index (χ1n) is 4.00. The number of rotatable bonds is 0. The molecule has 0 fully saturated rings. The van der Waals surface area contributed by atoms with E-state index in [0.29, 0.717) is 6.04 Å². The Hall–Kier alpha value is -0.310. The third-order valence-electron chi connectivity index (χ3n) is 2.32. The minimum absolute atomic E-state index is 0.621. The number of hydrogen-bond acceptors (Lipinski definition) is 1. The molecule has 1 unspecified atom stereocenters. The van der Waals surface area contributed by atoms with E-state index in [9.17, 15) is 0 Å². The van der Waals surface area contributed by atoms with Crippen LogP contribution in [-0.4, -0.2) is 9.55 Å². The van der Waals surface area contributed by atoms with Crippen LogP contribution in [0.4, 0.5) is 0 Å². The molecule has 1 aromatic heterocycles. The first kappa shape index (κ1) is 7.35. The Kier molecular flexibility index (Phi) is 1.75. The molecular formula is C8H11BrN2. The van der Waals surface area contributed by atoms with Crippen LogP contribution in [0.1, 0.15) is 31.5 Å². The van der Waals surface area contributed by atoms with Gasteiger partial charge in [0.25, 0.3) is 0 Å². The van der Waals surface area contributed by atoms with Gasteiger partial charge in [0.1, 0.15) is 0 Å². The summed E-state index contributed by atoms with van der Waals surface area (Å²) in [6.07, 6.45) is 5.74. The molecule has 60 valence electrons. The molecule has 0 amide bonds. The molecular weight excluding hydrogens is 204 g/mol. The van der Waals surface area contributed by atoms with Crippen molar-refractivity contribution in [1.29, 1.82) is 0 Å². The van der Waals surface area contributed by atoms with Crippen molar-refractivity contribution in [2.45, 2.75) is 32.2 Å². The van der Waals surface area contributed by atoms with Gasteiger partial charge in [0.05, 0.1) is 0 Å². The molecule has 11 heavy (non-hydrogen) atoms. The maximum Gasteiger partial charge on any atom is 0.177 e. The van der Waals surface area contributed by atoms with E-state index in [-0.39, 0.29) is 0 Å². The molecule has 0 aromatic carbocycles. The summed E-state index contributed by atoms with van der Waals surface area (Å²) in [6.45, 7) is 2.25. The molecule has 0 N–H and O–H groups in total. The summed E-state index contributed by atoms with van der Waals surface area (Å²) in [5.74, 6) is 0. The SMILES string of the molecule is CC1CCCc2cnc(Br)n21. The molecule has 2 heterocycles. The van der Waals surface area contributed by atoms with Crippen molar-refractivity contribution < 1.29 is 0 Å². The van der Waals surface area contributed by atoms with Crippen LogP contribution in [0.25, 0.3) is 0 Å². The summed E-state index contributed by atoms with van der Waals surface area (Å²) in [7, 11) is 0. The summed E-state index contributed by atoms with van der Waals surface area (Å²) in [4.78, 5) is 4.23. The van der Waals surface area contributed by atoms with Crippen LogP contribution in [-0.2, 0) is 6.42 Å². The molecule has 0 saturated carbocycles. The van der Waals surface area contributed by atoms with Gasteiger partial charge in [-0.3, -0.25) is 0 Å². The minimum atomic E-state index is 0.621. The lowest BCUT2D eigenvalue weighted by atomic mass is 10.1. The van der Waals surface area contributed by atoms with E-state index in [2.05, 4.69) is 32.4 Å². The summed E-state index contributed by atoms with van der Waals surface area (Å²) in [5, 5.41) is 0. The lowest BCUT2D eigenvalue weighted by molar-refractivity contribution is 0.425. The number of halogens is 1. The van der Waals surface area contributed by atoms with Crippen LogP contribution in [0.2, 0.25) is 0 Å². The van der Waals surface area contributed by atoms with E-state index in [4.69, 9.17) is 0 Å². The topological polar surface area (TPSA) is 17.8 Å². The monoisotopic (exact) mass is 214 g/mol. The highest BCUT2D eigenvalue weighted by atomic mass is 79.9.